The van der Waals surface area contributed by atoms with Crippen LogP contribution >= 0.6 is 0 Å². The lowest BCUT2D eigenvalue weighted by Gasteiger charge is -2.11. The van der Waals surface area contributed by atoms with E-state index in [0.717, 1.165) is 22.4 Å². The number of ether oxygens (including phenoxy) is 1. The largest absolute Gasteiger partial charge is 0.507 e. The first-order chi connectivity index (χ1) is 14.1. The van der Waals surface area contributed by atoms with Gasteiger partial charge < -0.3 is 19.5 Å². The predicted octanol–water partition coefficient (Wildman–Crippen LogP) is 5.79. The van der Waals surface area contributed by atoms with Gasteiger partial charge in [0.05, 0.1) is 23.4 Å². The van der Waals surface area contributed by atoms with Crippen LogP contribution in [0.25, 0.3) is 33.6 Å². The molecule has 0 unspecified atom stereocenters. The first-order valence-corrected chi connectivity index (χ1v) is 9.39. The van der Waals surface area contributed by atoms with Crippen LogP contribution in [-0.2, 0) is 0 Å². The second-order valence-corrected chi connectivity index (χ2v) is 6.68. The van der Waals surface area contributed by atoms with Crippen molar-refractivity contribution in [2.75, 3.05) is 6.61 Å². The van der Waals surface area contributed by atoms with Crippen molar-refractivity contribution in [3.63, 3.8) is 0 Å². The smallest absolute Gasteiger partial charge is 0.178 e. The number of aromatic hydroxyl groups is 2. The molecule has 29 heavy (non-hydrogen) atoms. The standard InChI is InChI=1S/C24H21NO4/c1-3-28-18-11-9-17(10-12-18)23-15(2)25-29-24(23)20-13-19(21(26)14-22(20)27)16-7-5-4-6-8-16/h4-14,26-27H,3H2,1-2H3. The van der Waals surface area contributed by atoms with Crippen LogP contribution in [-0.4, -0.2) is 22.0 Å². The third-order valence-electron chi connectivity index (χ3n) is 4.76. The van der Waals surface area contributed by atoms with Gasteiger partial charge in [-0.05, 0) is 43.2 Å². The summed E-state index contributed by atoms with van der Waals surface area (Å²) in [6, 6.07) is 20.2. The van der Waals surface area contributed by atoms with E-state index in [1.807, 2.05) is 68.4 Å². The summed E-state index contributed by atoms with van der Waals surface area (Å²) in [5.41, 5.74) is 4.29. The Hall–Kier alpha value is -3.73. The molecule has 0 amide bonds. The zero-order valence-electron chi connectivity index (χ0n) is 16.2. The maximum Gasteiger partial charge on any atom is 0.178 e. The second-order valence-electron chi connectivity index (χ2n) is 6.68. The van der Waals surface area contributed by atoms with Crippen molar-refractivity contribution in [1.29, 1.82) is 0 Å². The molecular formula is C24H21NO4. The molecular weight excluding hydrogens is 366 g/mol. The lowest BCUT2D eigenvalue weighted by Crippen LogP contribution is -1.91. The lowest BCUT2D eigenvalue weighted by molar-refractivity contribution is 0.340. The van der Waals surface area contributed by atoms with E-state index in [4.69, 9.17) is 9.26 Å². The number of phenols is 2. The highest BCUT2D eigenvalue weighted by Crippen LogP contribution is 2.44. The number of nitrogens with zero attached hydrogens (tertiary/aromatic N) is 1. The van der Waals surface area contributed by atoms with Crippen LogP contribution in [0.15, 0.2) is 71.3 Å². The van der Waals surface area contributed by atoms with Crippen LogP contribution in [0.1, 0.15) is 12.6 Å². The van der Waals surface area contributed by atoms with Gasteiger partial charge in [-0.15, -0.1) is 0 Å². The number of benzene rings is 3. The van der Waals surface area contributed by atoms with Crippen molar-refractivity contribution in [2.45, 2.75) is 13.8 Å². The molecule has 146 valence electrons. The highest BCUT2D eigenvalue weighted by Gasteiger charge is 2.21. The molecule has 4 aromatic rings. The van der Waals surface area contributed by atoms with E-state index in [-0.39, 0.29) is 11.5 Å². The summed E-state index contributed by atoms with van der Waals surface area (Å²) in [6.45, 7) is 4.39. The summed E-state index contributed by atoms with van der Waals surface area (Å²) in [4.78, 5) is 0. The minimum atomic E-state index is -0.0782. The van der Waals surface area contributed by atoms with Crippen LogP contribution in [0.4, 0.5) is 0 Å². The van der Waals surface area contributed by atoms with Gasteiger partial charge in [-0.25, -0.2) is 0 Å². The molecule has 0 aliphatic heterocycles. The average Bonchev–Trinajstić information content (AvgIpc) is 3.11. The molecule has 0 aliphatic carbocycles. The quantitative estimate of drug-likeness (QED) is 0.453. The van der Waals surface area contributed by atoms with Gasteiger partial charge in [-0.2, -0.15) is 0 Å². The summed E-state index contributed by atoms with van der Waals surface area (Å²) in [6.07, 6.45) is 0. The van der Waals surface area contributed by atoms with Gasteiger partial charge in [0, 0.05) is 11.6 Å². The van der Waals surface area contributed by atoms with Crippen molar-refractivity contribution in [3.8, 4) is 50.8 Å². The van der Waals surface area contributed by atoms with Crippen LogP contribution in [0, 0.1) is 6.92 Å². The Labute approximate surface area is 168 Å². The fourth-order valence-electron chi connectivity index (χ4n) is 3.39. The molecule has 2 N–H and O–H groups in total. The molecule has 0 spiro atoms. The SMILES string of the molecule is CCOc1ccc(-c2c(C)noc2-c2cc(-c3ccccc3)c(O)cc2O)cc1. The normalized spacial score (nSPS) is 10.8. The molecule has 5 nitrogen and oxygen atoms in total. The topological polar surface area (TPSA) is 75.7 Å². The van der Waals surface area contributed by atoms with E-state index in [0.29, 0.717) is 29.2 Å². The first kappa shape index (κ1) is 18.6. The predicted molar refractivity (Wildman–Crippen MR) is 112 cm³/mol. The van der Waals surface area contributed by atoms with E-state index in [1.54, 1.807) is 6.07 Å². The first-order valence-electron chi connectivity index (χ1n) is 9.39. The Morgan fingerprint density at radius 3 is 2.24 bits per heavy atom. The van der Waals surface area contributed by atoms with Crippen molar-refractivity contribution in [2.24, 2.45) is 0 Å². The molecule has 5 heteroatoms. The number of hydrogen-bond acceptors (Lipinski definition) is 5. The van der Waals surface area contributed by atoms with Crippen LogP contribution in [0.2, 0.25) is 0 Å². The van der Waals surface area contributed by atoms with Gasteiger partial charge in [0.1, 0.15) is 17.2 Å². The Morgan fingerprint density at radius 2 is 1.55 bits per heavy atom. The number of aryl methyl sites for hydroxylation is 1. The van der Waals surface area contributed by atoms with E-state index >= 15 is 0 Å². The molecule has 0 aliphatic rings. The molecule has 1 aromatic heterocycles. The fourth-order valence-corrected chi connectivity index (χ4v) is 3.39. The summed E-state index contributed by atoms with van der Waals surface area (Å²) in [5, 5.41) is 25.0. The lowest BCUT2D eigenvalue weighted by atomic mass is 9.95. The Morgan fingerprint density at radius 1 is 0.862 bits per heavy atom. The van der Waals surface area contributed by atoms with Gasteiger partial charge in [0.2, 0.25) is 0 Å². The molecule has 0 saturated carbocycles. The van der Waals surface area contributed by atoms with Crippen LogP contribution in [0.5, 0.6) is 17.2 Å². The monoisotopic (exact) mass is 387 g/mol. The van der Waals surface area contributed by atoms with Crippen molar-refractivity contribution >= 4 is 0 Å². The van der Waals surface area contributed by atoms with E-state index in [1.165, 1.54) is 6.07 Å². The number of phenolic OH excluding ortho intramolecular Hbond substituents is 2. The molecule has 0 atom stereocenters. The van der Waals surface area contributed by atoms with Crippen molar-refractivity contribution in [3.05, 3.63) is 72.4 Å². The van der Waals surface area contributed by atoms with Gasteiger partial charge >= 0.3 is 0 Å². The number of aromatic nitrogens is 1. The minimum absolute atomic E-state index is 0.00342. The number of hydrogen-bond donors (Lipinski definition) is 2. The molecule has 0 radical (unpaired) electrons. The summed E-state index contributed by atoms with van der Waals surface area (Å²) in [5.74, 6) is 1.15. The highest BCUT2D eigenvalue weighted by atomic mass is 16.5. The van der Waals surface area contributed by atoms with Gasteiger partial charge in [-0.1, -0.05) is 47.6 Å². The Bertz CT molecular complexity index is 1130. The molecule has 0 bridgehead atoms. The third-order valence-corrected chi connectivity index (χ3v) is 4.76. The van der Waals surface area contributed by atoms with E-state index in [2.05, 4.69) is 5.16 Å². The zero-order chi connectivity index (χ0) is 20.4. The van der Waals surface area contributed by atoms with Gasteiger partial charge in [0.25, 0.3) is 0 Å². The van der Waals surface area contributed by atoms with Crippen molar-refractivity contribution in [1.82, 2.24) is 5.16 Å². The average molecular weight is 387 g/mol. The van der Waals surface area contributed by atoms with Gasteiger partial charge in [-0.3, -0.25) is 0 Å². The summed E-state index contributed by atoms with van der Waals surface area (Å²) >= 11 is 0. The fraction of sp³-hybridized carbons (Fsp3) is 0.125. The van der Waals surface area contributed by atoms with E-state index in [9.17, 15) is 10.2 Å². The van der Waals surface area contributed by atoms with Crippen LogP contribution < -0.4 is 4.74 Å². The molecule has 3 aromatic carbocycles. The van der Waals surface area contributed by atoms with Crippen LogP contribution in [0.3, 0.4) is 0 Å². The maximum atomic E-state index is 10.5. The zero-order valence-corrected chi connectivity index (χ0v) is 16.2. The second kappa shape index (κ2) is 7.72. The summed E-state index contributed by atoms with van der Waals surface area (Å²) in [7, 11) is 0. The molecule has 0 fully saturated rings. The highest BCUT2D eigenvalue weighted by molar-refractivity contribution is 5.87. The van der Waals surface area contributed by atoms with Crippen molar-refractivity contribution < 1.29 is 19.5 Å². The molecule has 0 saturated heterocycles. The number of rotatable bonds is 5. The Kier molecular flexibility index (Phi) is 4.96. The molecule has 4 rings (SSSR count). The van der Waals surface area contributed by atoms with Gasteiger partial charge in [0.15, 0.2) is 5.76 Å². The minimum Gasteiger partial charge on any atom is -0.507 e. The molecule has 1 heterocycles. The maximum absolute atomic E-state index is 10.5. The summed E-state index contributed by atoms with van der Waals surface area (Å²) < 4.78 is 11.1. The third kappa shape index (κ3) is 3.55. The van der Waals surface area contributed by atoms with E-state index < -0.39 is 0 Å². The Balaban J connectivity index is 1.84.